The molecule has 0 aromatic heterocycles. The second-order valence-corrected chi connectivity index (χ2v) is 4.76. The summed E-state index contributed by atoms with van der Waals surface area (Å²) in [5.74, 6) is 1.66. The third kappa shape index (κ3) is 5.61. The summed E-state index contributed by atoms with van der Waals surface area (Å²) in [6, 6.07) is -0.374. The minimum absolute atomic E-state index is 0. The highest BCUT2D eigenvalue weighted by atomic mass is 35.5. The van der Waals surface area contributed by atoms with Crippen molar-refractivity contribution in [1.82, 2.24) is 10.4 Å². The minimum Gasteiger partial charge on any atom is -0.319 e. The molecule has 1 atom stereocenters. The van der Waals surface area contributed by atoms with Gasteiger partial charge in [0.05, 0.1) is 6.04 Å². The number of amides is 1. The Bertz CT molecular complexity index is 188. The zero-order chi connectivity index (χ0) is 10.4. The molecule has 6 heteroatoms. The molecule has 0 spiro atoms. The number of rotatable bonds is 5. The van der Waals surface area contributed by atoms with Gasteiger partial charge in [-0.2, -0.15) is 11.8 Å². The zero-order valence-electron chi connectivity index (χ0n) is 9.07. The molecule has 0 aromatic rings. The first-order chi connectivity index (χ1) is 6.74. The standard InChI is InChI=1S/C9H19N3OS.ClH/c1-2-14-7-8(10)9(13)11-12-5-3-4-6-12;/h8H,2-7,10H2,1H3,(H,11,13);1H/t8-;/m0./s1. The van der Waals surface area contributed by atoms with E-state index in [1.165, 1.54) is 12.8 Å². The lowest BCUT2D eigenvalue weighted by atomic mass is 10.3. The first kappa shape index (κ1) is 15.0. The van der Waals surface area contributed by atoms with E-state index in [2.05, 4.69) is 12.3 Å². The molecule has 1 aliphatic rings. The minimum atomic E-state index is -0.374. The van der Waals surface area contributed by atoms with Gasteiger partial charge in [0.1, 0.15) is 0 Å². The maximum absolute atomic E-state index is 11.5. The molecule has 0 aliphatic carbocycles. The summed E-state index contributed by atoms with van der Waals surface area (Å²) in [4.78, 5) is 11.5. The lowest BCUT2D eigenvalue weighted by Gasteiger charge is -2.19. The number of halogens is 1. The van der Waals surface area contributed by atoms with E-state index in [0.29, 0.717) is 5.75 Å². The Morgan fingerprint density at radius 2 is 2.13 bits per heavy atom. The molecule has 0 unspecified atom stereocenters. The van der Waals surface area contributed by atoms with Gasteiger partial charge >= 0.3 is 0 Å². The quantitative estimate of drug-likeness (QED) is 0.754. The Morgan fingerprint density at radius 1 is 1.53 bits per heavy atom. The van der Waals surface area contributed by atoms with Crippen LogP contribution in [0.3, 0.4) is 0 Å². The third-order valence-corrected chi connectivity index (χ3v) is 3.22. The Hall–Kier alpha value is 0.0300. The molecule has 4 nitrogen and oxygen atoms in total. The number of hydrazine groups is 1. The van der Waals surface area contributed by atoms with Crippen molar-refractivity contribution >= 4 is 30.1 Å². The summed E-state index contributed by atoms with van der Waals surface area (Å²) in [5.41, 5.74) is 8.57. The van der Waals surface area contributed by atoms with E-state index in [1.54, 1.807) is 11.8 Å². The van der Waals surface area contributed by atoms with Crippen molar-refractivity contribution in [3.63, 3.8) is 0 Å². The molecule has 0 radical (unpaired) electrons. The second-order valence-electron chi connectivity index (χ2n) is 3.44. The highest BCUT2D eigenvalue weighted by molar-refractivity contribution is 7.99. The van der Waals surface area contributed by atoms with Crippen LogP contribution in [-0.4, -0.2) is 41.6 Å². The maximum Gasteiger partial charge on any atom is 0.252 e. The summed E-state index contributed by atoms with van der Waals surface area (Å²) in [7, 11) is 0. The van der Waals surface area contributed by atoms with Crippen molar-refractivity contribution in [1.29, 1.82) is 0 Å². The van der Waals surface area contributed by atoms with E-state index in [9.17, 15) is 4.79 Å². The number of thioether (sulfide) groups is 1. The summed E-state index contributed by atoms with van der Waals surface area (Å²) in [6.07, 6.45) is 2.33. The number of hydrogen-bond acceptors (Lipinski definition) is 4. The number of carbonyl (C=O) groups excluding carboxylic acids is 1. The Kier molecular flexibility index (Phi) is 8.23. The first-order valence-corrected chi connectivity index (χ1v) is 6.28. The normalized spacial score (nSPS) is 18.3. The number of nitrogens with zero attached hydrogens (tertiary/aromatic N) is 1. The van der Waals surface area contributed by atoms with E-state index < -0.39 is 0 Å². The highest BCUT2D eigenvalue weighted by Gasteiger charge is 2.18. The fourth-order valence-electron chi connectivity index (χ4n) is 1.39. The van der Waals surface area contributed by atoms with Crippen molar-refractivity contribution in [2.45, 2.75) is 25.8 Å². The van der Waals surface area contributed by atoms with Crippen molar-refractivity contribution in [2.24, 2.45) is 5.73 Å². The topological polar surface area (TPSA) is 58.4 Å². The molecule has 15 heavy (non-hydrogen) atoms. The van der Waals surface area contributed by atoms with Crippen LogP contribution in [0.4, 0.5) is 0 Å². The van der Waals surface area contributed by atoms with Crippen LogP contribution in [0, 0.1) is 0 Å². The smallest absolute Gasteiger partial charge is 0.252 e. The fraction of sp³-hybridized carbons (Fsp3) is 0.889. The predicted molar refractivity (Wildman–Crippen MR) is 67.2 cm³/mol. The molecular formula is C9H20ClN3OS. The average Bonchev–Trinajstić information content (AvgIpc) is 2.66. The molecule has 0 aromatic carbocycles. The van der Waals surface area contributed by atoms with E-state index in [1.807, 2.05) is 5.01 Å². The Labute approximate surface area is 102 Å². The van der Waals surface area contributed by atoms with Crippen LogP contribution in [0.25, 0.3) is 0 Å². The molecule has 1 fully saturated rings. The van der Waals surface area contributed by atoms with E-state index in [-0.39, 0.29) is 24.4 Å². The van der Waals surface area contributed by atoms with Gasteiger partial charge in [-0.3, -0.25) is 10.2 Å². The highest BCUT2D eigenvalue weighted by Crippen LogP contribution is 2.05. The van der Waals surface area contributed by atoms with Crippen LogP contribution < -0.4 is 11.2 Å². The number of nitrogens with one attached hydrogen (secondary N) is 1. The van der Waals surface area contributed by atoms with E-state index in [4.69, 9.17) is 5.73 Å². The SMILES string of the molecule is CCSC[C@H](N)C(=O)NN1CCCC1.Cl. The van der Waals surface area contributed by atoms with Crippen LogP contribution in [0.5, 0.6) is 0 Å². The summed E-state index contributed by atoms with van der Waals surface area (Å²) < 4.78 is 0. The number of nitrogens with two attached hydrogens (primary N) is 1. The lowest BCUT2D eigenvalue weighted by Crippen LogP contribution is -2.49. The third-order valence-electron chi connectivity index (χ3n) is 2.21. The largest absolute Gasteiger partial charge is 0.319 e. The molecule has 1 amide bonds. The summed E-state index contributed by atoms with van der Waals surface area (Å²) >= 11 is 1.70. The van der Waals surface area contributed by atoms with Gasteiger partial charge in [0, 0.05) is 18.8 Å². The molecule has 0 bridgehead atoms. The molecule has 3 N–H and O–H groups in total. The number of carbonyl (C=O) groups is 1. The van der Waals surface area contributed by atoms with Crippen LogP contribution in [0.15, 0.2) is 0 Å². The first-order valence-electron chi connectivity index (χ1n) is 5.12. The van der Waals surface area contributed by atoms with Gasteiger partial charge in [-0.15, -0.1) is 12.4 Å². The van der Waals surface area contributed by atoms with Crippen LogP contribution in [0.2, 0.25) is 0 Å². The van der Waals surface area contributed by atoms with Gasteiger partial charge in [-0.1, -0.05) is 6.92 Å². The van der Waals surface area contributed by atoms with E-state index >= 15 is 0 Å². The van der Waals surface area contributed by atoms with Crippen molar-refractivity contribution in [3.8, 4) is 0 Å². The molecular weight excluding hydrogens is 234 g/mol. The molecule has 1 heterocycles. The summed E-state index contributed by atoms with van der Waals surface area (Å²) in [6.45, 7) is 3.98. The molecule has 1 saturated heterocycles. The molecule has 0 saturated carbocycles. The van der Waals surface area contributed by atoms with Crippen molar-refractivity contribution in [3.05, 3.63) is 0 Å². The lowest BCUT2D eigenvalue weighted by molar-refractivity contribution is -0.126. The molecule has 1 aliphatic heterocycles. The van der Waals surface area contributed by atoms with Gasteiger partial charge in [-0.25, -0.2) is 5.01 Å². The van der Waals surface area contributed by atoms with Crippen molar-refractivity contribution < 1.29 is 4.79 Å². The van der Waals surface area contributed by atoms with Crippen LogP contribution >= 0.6 is 24.2 Å². The zero-order valence-corrected chi connectivity index (χ0v) is 10.7. The van der Waals surface area contributed by atoms with Crippen LogP contribution in [-0.2, 0) is 4.79 Å². The van der Waals surface area contributed by atoms with Crippen LogP contribution in [0.1, 0.15) is 19.8 Å². The van der Waals surface area contributed by atoms with Gasteiger partial charge in [0.25, 0.3) is 5.91 Å². The predicted octanol–water partition coefficient (Wildman–Crippen LogP) is 0.616. The second kappa shape index (κ2) is 8.21. The fourth-order valence-corrected chi connectivity index (χ4v) is 2.03. The van der Waals surface area contributed by atoms with Gasteiger partial charge in [0.15, 0.2) is 0 Å². The van der Waals surface area contributed by atoms with Crippen molar-refractivity contribution in [2.75, 3.05) is 24.6 Å². The Morgan fingerprint density at radius 3 is 2.67 bits per heavy atom. The molecule has 1 rings (SSSR count). The maximum atomic E-state index is 11.5. The summed E-state index contributed by atoms with van der Waals surface area (Å²) in [5, 5.41) is 1.96. The average molecular weight is 254 g/mol. The number of hydrogen-bond donors (Lipinski definition) is 2. The van der Waals surface area contributed by atoms with Gasteiger partial charge in [-0.05, 0) is 18.6 Å². The molecule has 90 valence electrons. The monoisotopic (exact) mass is 253 g/mol. The van der Waals surface area contributed by atoms with Gasteiger partial charge in [0.2, 0.25) is 0 Å². The Balaban J connectivity index is 0.00000196. The van der Waals surface area contributed by atoms with E-state index in [0.717, 1.165) is 18.8 Å². The van der Waals surface area contributed by atoms with Gasteiger partial charge < -0.3 is 5.73 Å².